The molecule has 2 rings (SSSR count). The Hall–Kier alpha value is -1.72. The summed E-state index contributed by atoms with van der Waals surface area (Å²) in [6, 6.07) is 4.19. The summed E-state index contributed by atoms with van der Waals surface area (Å²) in [6.45, 7) is 0. The summed E-state index contributed by atoms with van der Waals surface area (Å²) in [5.41, 5.74) is 6.05. The van der Waals surface area contributed by atoms with Gasteiger partial charge < -0.3 is 10.6 Å². The summed E-state index contributed by atoms with van der Waals surface area (Å²) in [5, 5.41) is 0. The minimum absolute atomic E-state index is 0.0843. The summed E-state index contributed by atoms with van der Waals surface area (Å²) >= 11 is 0. The average Bonchev–Trinajstić information content (AvgIpc) is 2.59. The Morgan fingerprint density at radius 1 is 1.35 bits per heavy atom. The van der Waals surface area contributed by atoms with Crippen molar-refractivity contribution >= 4 is 17.3 Å². The van der Waals surface area contributed by atoms with E-state index in [1.165, 1.54) is 18.2 Å². The largest absolute Gasteiger partial charge is 0.409 e. The van der Waals surface area contributed by atoms with Gasteiger partial charge in [0.15, 0.2) is 0 Å². The molecule has 1 aliphatic rings. The van der Waals surface area contributed by atoms with Gasteiger partial charge in [-0.2, -0.15) is 13.2 Å². The normalized spacial score (nSPS) is 21.0. The van der Waals surface area contributed by atoms with Crippen LogP contribution in [0, 0.1) is 0 Å². The molecule has 3 nitrogen and oxygen atoms in total. The minimum Gasteiger partial charge on any atom is -0.399 e. The van der Waals surface area contributed by atoms with Gasteiger partial charge in [0.1, 0.15) is 6.04 Å². The standard InChI is InChI=1S/C11H11F3N2O/c12-11(13,14)9-4-5-10(17)16(9)8-3-1-2-7(15)6-8/h1-3,6,9H,4-5,15H2. The van der Waals surface area contributed by atoms with Crippen molar-refractivity contribution in [2.24, 2.45) is 0 Å². The van der Waals surface area contributed by atoms with Gasteiger partial charge in [0.2, 0.25) is 5.91 Å². The van der Waals surface area contributed by atoms with Gasteiger partial charge in [0.25, 0.3) is 0 Å². The molecule has 1 amide bonds. The van der Waals surface area contributed by atoms with E-state index in [1.54, 1.807) is 6.07 Å². The van der Waals surface area contributed by atoms with Crippen molar-refractivity contribution < 1.29 is 18.0 Å². The molecule has 1 saturated heterocycles. The molecule has 0 radical (unpaired) electrons. The van der Waals surface area contributed by atoms with Crippen molar-refractivity contribution in [1.29, 1.82) is 0 Å². The van der Waals surface area contributed by atoms with Crippen LogP contribution in [0.4, 0.5) is 24.5 Å². The highest BCUT2D eigenvalue weighted by atomic mass is 19.4. The fourth-order valence-electron chi connectivity index (χ4n) is 1.99. The Morgan fingerprint density at radius 2 is 2.06 bits per heavy atom. The van der Waals surface area contributed by atoms with Crippen LogP contribution in [-0.4, -0.2) is 18.1 Å². The van der Waals surface area contributed by atoms with Crippen LogP contribution in [0.15, 0.2) is 24.3 Å². The molecule has 1 aromatic rings. The first-order chi connectivity index (χ1) is 7.89. The van der Waals surface area contributed by atoms with E-state index in [-0.39, 0.29) is 18.5 Å². The predicted molar refractivity (Wildman–Crippen MR) is 57.4 cm³/mol. The lowest BCUT2D eigenvalue weighted by Crippen LogP contribution is -2.43. The highest BCUT2D eigenvalue weighted by Crippen LogP contribution is 2.36. The molecule has 0 saturated carbocycles. The van der Waals surface area contributed by atoms with E-state index in [2.05, 4.69) is 0 Å². The van der Waals surface area contributed by atoms with E-state index in [0.29, 0.717) is 5.69 Å². The van der Waals surface area contributed by atoms with Crippen LogP contribution in [0.1, 0.15) is 12.8 Å². The van der Waals surface area contributed by atoms with E-state index in [1.807, 2.05) is 0 Å². The van der Waals surface area contributed by atoms with Crippen LogP contribution in [0.3, 0.4) is 0 Å². The van der Waals surface area contributed by atoms with Crippen LogP contribution in [0.2, 0.25) is 0 Å². The van der Waals surface area contributed by atoms with Gasteiger partial charge in [-0.25, -0.2) is 0 Å². The molecule has 1 unspecified atom stereocenters. The number of rotatable bonds is 1. The minimum atomic E-state index is -4.41. The van der Waals surface area contributed by atoms with E-state index in [4.69, 9.17) is 5.73 Å². The molecule has 1 fully saturated rings. The highest BCUT2D eigenvalue weighted by molar-refractivity contribution is 5.96. The third-order valence-corrected chi connectivity index (χ3v) is 2.74. The summed E-state index contributed by atoms with van der Waals surface area (Å²) in [4.78, 5) is 12.3. The first-order valence-electron chi connectivity index (χ1n) is 5.14. The SMILES string of the molecule is Nc1cccc(N2C(=O)CCC2C(F)(F)F)c1. The first kappa shape index (κ1) is 11.8. The fourth-order valence-corrected chi connectivity index (χ4v) is 1.99. The molecule has 92 valence electrons. The van der Waals surface area contributed by atoms with Gasteiger partial charge in [0, 0.05) is 17.8 Å². The van der Waals surface area contributed by atoms with Crippen molar-refractivity contribution in [2.45, 2.75) is 25.1 Å². The van der Waals surface area contributed by atoms with Crippen molar-refractivity contribution in [2.75, 3.05) is 10.6 Å². The second-order valence-electron chi connectivity index (χ2n) is 3.95. The average molecular weight is 244 g/mol. The van der Waals surface area contributed by atoms with Gasteiger partial charge >= 0.3 is 6.18 Å². The molecule has 0 bridgehead atoms. The number of nitrogen functional groups attached to an aromatic ring is 1. The summed E-state index contributed by atoms with van der Waals surface area (Å²) in [7, 11) is 0. The second kappa shape index (κ2) is 3.94. The molecular weight excluding hydrogens is 233 g/mol. The lowest BCUT2D eigenvalue weighted by molar-refractivity contribution is -0.148. The van der Waals surface area contributed by atoms with E-state index >= 15 is 0 Å². The zero-order valence-corrected chi connectivity index (χ0v) is 8.87. The van der Waals surface area contributed by atoms with Gasteiger partial charge in [0.05, 0.1) is 0 Å². The maximum absolute atomic E-state index is 12.7. The Labute approximate surface area is 96.0 Å². The van der Waals surface area contributed by atoms with Crippen molar-refractivity contribution in [1.82, 2.24) is 0 Å². The maximum Gasteiger partial charge on any atom is 0.409 e. The van der Waals surface area contributed by atoms with E-state index in [0.717, 1.165) is 4.90 Å². The molecule has 0 spiro atoms. The topological polar surface area (TPSA) is 46.3 Å². The van der Waals surface area contributed by atoms with Gasteiger partial charge in [-0.1, -0.05) is 6.07 Å². The Balaban J connectivity index is 2.38. The quantitative estimate of drug-likeness (QED) is 0.770. The highest BCUT2D eigenvalue weighted by Gasteiger charge is 2.49. The van der Waals surface area contributed by atoms with Crippen LogP contribution < -0.4 is 10.6 Å². The monoisotopic (exact) mass is 244 g/mol. The molecule has 1 atom stereocenters. The Kier molecular flexibility index (Phi) is 2.73. The number of halogens is 3. The lowest BCUT2D eigenvalue weighted by Gasteiger charge is -2.26. The summed E-state index contributed by atoms with van der Waals surface area (Å²) < 4.78 is 38.2. The first-order valence-corrected chi connectivity index (χ1v) is 5.14. The Bertz CT molecular complexity index is 445. The number of amides is 1. The van der Waals surface area contributed by atoms with Crippen molar-refractivity contribution in [3.63, 3.8) is 0 Å². The fraction of sp³-hybridized carbons (Fsp3) is 0.364. The van der Waals surface area contributed by atoms with Crippen molar-refractivity contribution in [3.05, 3.63) is 24.3 Å². The number of carbonyl (C=O) groups excluding carboxylic acids is 1. The second-order valence-corrected chi connectivity index (χ2v) is 3.95. The van der Waals surface area contributed by atoms with Gasteiger partial charge in [-0.15, -0.1) is 0 Å². The van der Waals surface area contributed by atoms with Crippen LogP contribution in [-0.2, 0) is 4.79 Å². The molecule has 0 aromatic heterocycles. The molecule has 1 aromatic carbocycles. The zero-order valence-electron chi connectivity index (χ0n) is 8.87. The predicted octanol–water partition coefficient (Wildman–Crippen LogP) is 2.33. The lowest BCUT2D eigenvalue weighted by atomic mass is 10.2. The molecule has 0 aliphatic carbocycles. The zero-order chi connectivity index (χ0) is 12.6. The molecule has 1 aliphatic heterocycles. The maximum atomic E-state index is 12.7. The molecular formula is C11H11F3N2O. The molecule has 17 heavy (non-hydrogen) atoms. The smallest absolute Gasteiger partial charge is 0.399 e. The van der Waals surface area contributed by atoms with E-state index in [9.17, 15) is 18.0 Å². The molecule has 2 N–H and O–H groups in total. The number of hydrogen-bond acceptors (Lipinski definition) is 2. The number of carbonyl (C=O) groups is 1. The van der Waals surface area contributed by atoms with E-state index < -0.39 is 18.1 Å². The van der Waals surface area contributed by atoms with Crippen LogP contribution in [0.25, 0.3) is 0 Å². The van der Waals surface area contributed by atoms with Gasteiger partial charge in [-0.3, -0.25) is 4.79 Å². The number of nitrogens with zero attached hydrogens (tertiary/aromatic N) is 1. The third kappa shape index (κ3) is 2.20. The summed E-state index contributed by atoms with van der Waals surface area (Å²) in [6.07, 6.45) is -4.69. The van der Waals surface area contributed by atoms with Crippen LogP contribution in [0.5, 0.6) is 0 Å². The molecule has 1 heterocycles. The molecule has 6 heteroatoms. The van der Waals surface area contributed by atoms with Gasteiger partial charge in [-0.05, 0) is 24.6 Å². The number of anilines is 2. The van der Waals surface area contributed by atoms with Crippen molar-refractivity contribution in [3.8, 4) is 0 Å². The number of alkyl halides is 3. The third-order valence-electron chi connectivity index (χ3n) is 2.74. The number of benzene rings is 1. The number of hydrogen-bond donors (Lipinski definition) is 1. The number of nitrogens with two attached hydrogens (primary N) is 1. The summed E-state index contributed by atoms with van der Waals surface area (Å²) in [5.74, 6) is -0.516. The van der Waals surface area contributed by atoms with Crippen LogP contribution >= 0.6 is 0 Å². The Morgan fingerprint density at radius 3 is 2.65 bits per heavy atom.